The predicted octanol–water partition coefficient (Wildman–Crippen LogP) is -1.01. The van der Waals surface area contributed by atoms with Gasteiger partial charge in [0.15, 0.2) is 17.3 Å². The normalized spacial score (nSPS) is 15.4. The lowest BCUT2D eigenvalue weighted by Gasteiger charge is -2.34. The molecule has 0 saturated heterocycles. The number of nitrogens with zero attached hydrogens (tertiary/aromatic N) is 3. The van der Waals surface area contributed by atoms with Crippen LogP contribution in [0.15, 0.2) is 58.1 Å². The van der Waals surface area contributed by atoms with Gasteiger partial charge in [-0.15, -0.1) is 0 Å². The van der Waals surface area contributed by atoms with Crippen molar-refractivity contribution in [2.24, 2.45) is 0 Å². The van der Waals surface area contributed by atoms with Gasteiger partial charge in [0.05, 0.1) is 12.1 Å². The van der Waals surface area contributed by atoms with E-state index in [0.29, 0.717) is 48.9 Å². The lowest BCUT2D eigenvalue weighted by atomic mass is 10.1. The molecule has 0 fully saturated rings. The van der Waals surface area contributed by atoms with Crippen molar-refractivity contribution in [1.29, 1.82) is 0 Å². The fraction of sp³-hybridized carbons (Fsp3) is 0.308. The van der Waals surface area contributed by atoms with E-state index in [0.717, 1.165) is 0 Å². The second-order valence-electron chi connectivity index (χ2n) is 14.6. The van der Waals surface area contributed by atoms with Crippen LogP contribution in [0.4, 0.5) is 46.3 Å². The van der Waals surface area contributed by atoms with Gasteiger partial charge in [-0.3, -0.25) is 43.5 Å². The van der Waals surface area contributed by atoms with Crippen LogP contribution >= 0.6 is 0 Å². The molecule has 3 amide bonds. The number of nitrogens with two attached hydrogens (primary N) is 2. The van der Waals surface area contributed by atoms with E-state index in [2.05, 4.69) is 57.2 Å². The monoisotopic (exact) mass is 918 g/mol. The minimum atomic E-state index is -1.33. The van der Waals surface area contributed by atoms with Gasteiger partial charge in [-0.05, 0) is 61.4 Å². The average Bonchev–Trinajstić information content (AvgIpc) is 3.27. The molecule has 2 aliphatic rings. The third-order valence-corrected chi connectivity index (χ3v) is 9.87. The second kappa shape index (κ2) is 21.9. The third-order valence-electron chi connectivity index (χ3n) is 9.87. The quantitative estimate of drug-likeness (QED) is 0.0501. The number of carbonyl (C=O) groups excluding carboxylic acids is 3. The molecule has 2 aromatic heterocycles. The first kappa shape index (κ1) is 48.1. The molecular formula is C39H46N14O13. The first-order valence-corrected chi connectivity index (χ1v) is 19.9. The Morgan fingerprint density at radius 2 is 1.17 bits per heavy atom. The molecule has 27 nitrogen and oxygen atoms in total. The Labute approximate surface area is 371 Å². The van der Waals surface area contributed by atoms with Gasteiger partial charge >= 0.3 is 23.9 Å². The van der Waals surface area contributed by atoms with Gasteiger partial charge in [-0.25, -0.2) is 9.59 Å². The average molecular weight is 919 g/mol. The Morgan fingerprint density at radius 1 is 0.697 bits per heavy atom. The summed E-state index contributed by atoms with van der Waals surface area (Å²) < 4.78 is 0. The number of hydrogen-bond acceptors (Lipinski definition) is 18. The minimum Gasteiger partial charge on any atom is -0.481 e. The maximum atomic E-state index is 12.3. The number of nitrogens with one attached hydrogen (secondary N) is 9. The van der Waals surface area contributed by atoms with E-state index in [1.54, 1.807) is 24.3 Å². The summed E-state index contributed by atoms with van der Waals surface area (Å²) in [5.41, 5.74) is 12.2. The topological polar surface area (TPSA) is 431 Å². The van der Waals surface area contributed by atoms with Crippen molar-refractivity contribution in [3.05, 3.63) is 80.4 Å². The van der Waals surface area contributed by atoms with Crippen LogP contribution in [-0.2, 0) is 24.0 Å². The summed E-state index contributed by atoms with van der Waals surface area (Å²) in [5.74, 6) is -5.64. The van der Waals surface area contributed by atoms with E-state index < -0.39 is 65.8 Å². The Bertz CT molecular complexity index is 2570. The van der Waals surface area contributed by atoms with Crippen LogP contribution in [0.25, 0.3) is 0 Å². The summed E-state index contributed by atoms with van der Waals surface area (Å²) in [6.45, 7) is 1.53. The molecule has 350 valence electrons. The van der Waals surface area contributed by atoms with Crippen LogP contribution in [0.3, 0.4) is 0 Å². The highest BCUT2D eigenvalue weighted by molar-refractivity contribution is 5.97. The number of aromatic amines is 2. The van der Waals surface area contributed by atoms with E-state index in [9.17, 15) is 48.3 Å². The molecular weight excluding hydrogens is 873 g/mol. The van der Waals surface area contributed by atoms with Crippen LogP contribution in [0.1, 0.15) is 46.4 Å². The summed E-state index contributed by atoms with van der Waals surface area (Å²) >= 11 is 0. The SMILES string of the molecule is Nc1nc2c(c(=O)[nH]1)N(C=O)[C@@H](CNc1ccc(C(=O)NC(CCC(=O)O)C(=O)O)cc1)CN2.Nc1nc2c(c(=O)[nH]1)NC(CNc1ccc(C(=O)NC(CCC(=O)O)C(=O)O)cc1)CN2. The van der Waals surface area contributed by atoms with E-state index in [1.165, 1.54) is 29.2 Å². The maximum absolute atomic E-state index is 12.3. The minimum absolute atomic E-state index is 0.0281. The number of carboxylic acid groups (broad SMARTS) is 4. The Balaban J connectivity index is 0.000000248. The molecule has 27 heteroatoms. The first-order valence-electron chi connectivity index (χ1n) is 19.9. The number of rotatable bonds is 19. The molecule has 66 heavy (non-hydrogen) atoms. The number of fused-ring (bicyclic) bond motifs is 2. The Morgan fingerprint density at radius 3 is 1.65 bits per heavy atom. The number of carbonyl (C=O) groups is 7. The molecule has 6 rings (SSSR count). The molecule has 2 aliphatic heterocycles. The van der Waals surface area contributed by atoms with Crippen molar-refractivity contribution < 1.29 is 54.0 Å². The van der Waals surface area contributed by atoms with Crippen LogP contribution in [0, 0.1) is 0 Å². The van der Waals surface area contributed by atoms with Crippen LogP contribution in [0.2, 0.25) is 0 Å². The Hall–Kier alpha value is -8.91. The van der Waals surface area contributed by atoms with Gasteiger partial charge in [0, 0.05) is 61.5 Å². The number of amides is 3. The molecule has 0 radical (unpaired) electrons. The van der Waals surface area contributed by atoms with Gasteiger partial charge < -0.3 is 74.0 Å². The van der Waals surface area contributed by atoms with E-state index in [1.807, 2.05) is 0 Å². The van der Waals surface area contributed by atoms with Crippen molar-refractivity contribution in [1.82, 2.24) is 30.6 Å². The smallest absolute Gasteiger partial charge is 0.326 e. The number of anilines is 8. The highest BCUT2D eigenvalue weighted by Gasteiger charge is 2.30. The molecule has 3 unspecified atom stereocenters. The number of aliphatic carboxylic acids is 4. The molecule has 0 aliphatic carbocycles. The highest BCUT2D eigenvalue weighted by atomic mass is 16.4. The largest absolute Gasteiger partial charge is 0.481 e. The van der Waals surface area contributed by atoms with E-state index in [4.69, 9.17) is 26.8 Å². The van der Waals surface area contributed by atoms with Crippen LogP contribution < -0.4 is 64.7 Å². The second-order valence-corrected chi connectivity index (χ2v) is 14.6. The number of hydrogen-bond donors (Lipinski definition) is 15. The molecule has 0 bridgehead atoms. The number of nitrogen functional groups attached to an aromatic ring is 2. The molecule has 4 heterocycles. The predicted molar refractivity (Wildman–Crippen MR) is 237 cm³/mol. The third kappa shape index (κ3) is 13.1. The molecule has 4 atom stereocenters. The maximum Gasteiger partial charge on any atom is 0.326 e. The zero-order valence-electron chi connectivity index (χ0n) is 34.6. The van der Waals surface area contributed by atoms with Gasteiger partial charge in [-0.1, -0.05) is 0 Å². The van der Waals surface area contributed by atoms with Gasteiger partial charge in [0.1, 0.15) is 17.8 Å². The zero-order chi connectivity index (χ0) is 48.1. The number of benzene rings is 2. The first-order chi connectivity index (χ1) is 31.4. The standard InChI is InChI=1S/C20H23N7O7.C19H23N7O6/c21-20-25-16-15(18(32)26-20)27(9-28)12(8-23-16)7-22-11-3-1-10(2-4-11)17(31)24-13(19(33)34)5-6-14(29)30;20-19-25-15-14(17(30)26-19)23-11(8-22-15)7-21-10-3-1-9(2-4-10)16(29)24-12(18(31)32)5-6-13(27)28/h1-4,9,12-13,22H,5-8H2,(H,24,31)(H,29,30)(H,33,34)(H4,21,23,25,26,32);1-4,11-12,21,23H,5-8H2,(H,24,29)(H,27,28)(H,31,32)(H4,20,22,25,26,30)/t12-,13?;/m0./s1. The summed E-state index contributed by atoms with van der Waals surface area (Å²) in [7, 11) is 0. The number of carboxylic acids is 4. The van der Waals surface area contributed by atoms with E-state index in [-0.39, 0.29) is 71.9 Å². The molecule has 4 aromatic rings. The van der Waals surface area contributed by atoms with Crippen molar-refractivity contribution >= 4 is 88.4 Å². The number of H-pyrrole nitrogens is 2. The summed E-state index contributed by atoms with van der Waals surface area (Å²) in [5, 5.41) is 55.8. The van der Waals surface area contributed by atoms with Crippen LogP contribution in [0.5, 0.6) is 0 Å². The fourth-order valence-corrected chi connectivity index (χ4v) is 6.49. The molecule has 0 saturated carbocycles. The summed E-state index contributed by atoms with van der Waals surface area (Å²) in [6, 6.07) is 9.30. The lowest BCUT2D eigenvalue weighted by molar-refractivity contribution is -0.142. The number of aromatic nitrogens is 4. The van der Waals surface area contributed by atoms with Gasteiger partial charge in [0.25, 0.3) is 22.9 Å². The van der Waals surface area contributed by atoms with Gasteiger partial charge in [0.2, 0.25) is 18.3 Å². The highest BCUT2D eigenvalue weighted by Crippen LogP contribution is 2.26. The van der Waals surface area contributed by atoms with Crippen LogP contribution in [-0.4, -0.2) is 133 Å². The molecule has 2 aromatic carbocycles. The lowest BCUT2D eigenvalue weighted by Crippen LogP contribution is -2.50. The molecule has 17 N–H and O–H groups in total. The van der Waals surface area contributed by atoms with Crippen molar-refractivity contribution in [2.75, 3.05) is 69.1 Å². The van der Waals surface area contributed by atoms with Crippen molar-refractivity contribution in [2.45, 2.75) is 49.9 Å². The van der Waals surface area contributed by atoms with Gasteiger partial charge in [-0.2, -0.15) is 9.97 Å². The fourth-order valence-electron chi connectivity index (χ4n) is 6.49. The van der Waals surface area contributed by atoms with Crippen molar-refractivity contribution in [3.8, 4) is 0 Å². The zero-order valence-corrected chi connectivity index (χ0v) is 34.6. The molecule has 0 spiro atoms. The Kier molecular flexibility index (Phi) is 16.0. The summed E-state index contributed by atoms with van der Waals surface area (Å²) in [4.78, 5) is 118. The van der Waals surface area contributed by atoms with E-state index >= 15 is 0 Å². The summed E-state index contributed by atoms with van der Waals surface area (Å²) in [6.07, 6.45) is -0.688. The van der Waals surface area contributed by atoms with Crippen molar-refractivity contribution in [3.63, 3.8) is 0 Å².